The number of fused-ring (bicyclic) bond motifs is 1. The third-order valence-corrected chi connectivity index (χ3v) is 6.14. The van der Waals surface area contributed by atoms with Gasteiger partial charge in [-0.1, -0.05) is 23.7 Å². The van der Waals surface area contributed by atoms with Crippen LogP contribution in [0.3, 0.4) is 0 Å². The summed E-state index contributed by atoms with van der Waals surface area (Å²) >= 11 is 9.02. The molecule has 1 aromatic carbocycles. The number of urea groups is 1. The zero-order valence-corrected chi connectivity index (χ0v) is 17.6. The van der Waals surface area contributed by atoms with Crippen molar-refractivity contribution >= 4 is 61.5 Å². The summed E-state index contributed by atoms with van der Waals surface area (Å²) in [6, 6.07) is 9.05. The van der Waals surface area contributed by atoms with Crippen molar-refractivity contribution < 1.29 is 4.79 Å². The van der Waals surface area contributed by atoms with Gasteiger partial charge < -0.3 is 10.6 Å². The lowest BCUT2D eigenvalue weighted by Crippen LogP contribution is -2.28. The Labute approximate surface area is 180 Å². The van der Waals surface area contributed by atoms with Gasteiger partial charge in [0.1, 0.15) is 12.1 Å². The van der Waals surface area contributed by atoms with Gasteiger partial charge in [0.25, 0.3) is 0 Å². The molecule has 0 aliphatic rings. The van der Waals surface area contributed by atoms with E-state index < -0.39 is 0 Å². The first-order valence-electron chi connectivity index (χ1n) is 8.83. The molecule has 0 spiro atoms. The van der Waals surface area contributed by atoms with Crippen LogP contribution in [0.15, 0.2) is 48.2 Å². The Bertz CT molecular complexity index is 1130. The highest BCUT2D eigenvalue weighted by Crippen LogP contribution is 2.25. The van der Waals surface area contributed by atoms with E-state index in [1.54, 1.807) is 29.9 Å². The number of carbonyl (C=O) groups is 1. The van der Waals surface area contributed by atoms with Crippen LogP contribution in [0.25, 0.3) is 10.2 Å². The molecule has 0 saturated heterocycles. The van der Waals surface area contributed by atoms with Crippen LogP contribution in [0.4, 0.5) is 15.7 Å². The van der Waals surface area contributed by atoms with Crippen LogP contribution in [-0.4, -0.2) is 27.5 Å². The number of rotatable bonds is 7. The summed E-state index contributed by atoms with van der Waals surface area (Å²) in [6.45, 7) is 1.11. The molecule has 148 valence electrons. The lowest BCUT2D eigenvalue weighted by atomic mass is 10.2. The second kappa shape index (κ2) is 9.17. The maximum Gasteiger partial charge on any atom is 0.321 e. The molecule has 0 aliphatic heterocycles. The quantitative estimate of drug-likeness (QED) is 0.381. The second-order valence-electron chi connectivity index (χ2n) is 6.10. The zero-order valence-electron chi connectivity index (χ0n) is 15.2. The van der Waals surface area contributed by atoms with E-state index in [0.717, 1.165) is 32.9 Å². The first-order valence-corrected chi connectivity index (χ1v) is 10.9. The number of aromatic nitrogens is 3. The molecule has 29 heavy (non-hydrogen) atoms. The van der Waals surface area contributed by atoms with Gasteiger partial charge in [0.05, 0.1) is 10.2 Å². The number of halogens is 1. The number of amides is 2. The topological polar surface area (TPSA) is 91.8 Å². The molecule has 0 fully saturated rings. The van der Waals surface area contributed by atoms with E-state index in [4.69, 9.17) is 11.6 Å². The van der Waals surface area contributed by atoms with Crippen LogP contribution < -0.4 is 16.0 Å². The largest absolute Gasteiger partial charge is 0.368 e. The predicted molar refractivity (Wildman–Crippen MR) is 119 cm³/mol. The van der Waals surface area contributed by atoms with Gasteiger partial charge in [-0.05, 0) is 29.1 Å². The lowest BCUT2D eigenvalue weighted by Gasteiger charge is -2.06. The highest BCUT2D eigenvalue weighted by molar-refractivity contribution is 7.17. The highest BCUT2D eigenvalue weighted by Gasteiger charge is 2.08. The Morgan fingerprint density at radius 2 is 2.10 bits per heavy atom. The number of carbonyl (C=O) groups excluding carboxylic acids is 1. The Morgan fingerprint density at radius 1 is 1.17 bits per heavy atom. The Hall–Kier alpha value is -2.75. The normalized spacial score (nSPS) is 10.8. The average Bonchev–Trinajstić information content (AvgIpc) is 3.36. The van der Waals surface area contributed by atoms with Crippen LogP contribution in [0.2, 0.25) is 5.02 Å². The lowest BCUT2D eigenvalue weighted by molar-refractivity contribution is 0.251. The fourth-order valence-electron chi connectivity index (χ4n) is 2.67. The average molecular weight is 445 g/mol. The summed E-state index contributed by atoms with van der Waals surface area (Å²) in [5.74, 6) is 0.841. The predicted octanol–water partition coefficient (Wildman–Crippen LogP) is 4.78. The fraction of sp³-hybridized carbons (Fsp3) is 0.158. The van der Waals surface area contributed by atoms with E-state index in [9.17, 15) is 4.79 Å². The minimum Gasteiger partial charge on any atom is -0.368 e. The minimum absolute atomic E-state index is 0.301. The molecule has 3 N–H and O–H groups in total. The maximum atomic E-state index is 12.1. The van der Waals surface area contributed by atoms with Gasteiger partial charge in [-0.3, -0.25) is 5.32 Å². The van der Waals surface area contributed by atoms with E-state index in [1.165, 1.54) is 11.3 Å². The molecule has 3 heterocycles. The smallest absolute Gasteiger partial charge is 0.321 e. The van der Waals surface area contributed by atoms with Gasteiger partial charge in [0, 0.05) is 35.6 Å². The first-order chi connectivity index (χ1) is 14.2. The van der Waals surface area contributed by atoms with Gasteiger partial charge in [-0.25, -0.2) is 19.7 Å². The highest BCUT2D eigenvalue weighted by atomic mass is 35.5. The van der Waals surface area contributed by atoms with E-state index in [2.05, 4.69) is 30.9 Å². The summed E-state index contributed by atoms with van der Waals surface area (Å²) in [5.41, 5.74) is 1.88. The SMILES string of the molecule is O=C(NCc1cccc(Cl)c1)Nc1ncc(CCNc2ncnc3ccsc23)s1. The van der Waals surface area contributed by atoms with Crippen LogP contribution >= 0.6 is 34.3 Å². The van der Waals surface area contributed by atoms with Crippen LogP contribution in [-0.2, 0) is 13.0 Å². The van der Waals surface area contributed by atoms with Gasteiger partial charge in [-0.15, -0.1) is 22.7 Å². The summed E-state index contributed by atoms with van der Waals surface area (Å²) in [6.07, 6.45) is 4.12. The van der Waals surface area contributed by atoms with E-state index in [-0.39, 0.29) is 6.03 Å². The monoisotopic (exact) mass is 444 g/mol. The zero-order chi connectivity index (χ0) is 20.1. The molecule has 2 amide bonds. The maximum absolute atomic E-state index is 12.1. The fourth-order valence-corrected chi connectivity index (χ4v) is 4.50. The molecule has 0 aliphatic carbocycles. The Kier molecular flexibility index (Phi) is 6.18. The van der Waals surface area contributed by atoms with Crippen LogP contribution in [0, 0.1) is 0 Å². The molecule has 0 unspecified atom stereocenters. The molecule has 0 radical (unpaired) electrons. The standard InChI is InChI=1S/C19H17ClN6OS2/c20-13-3-1-2-12(8-13)9-22-18(27)26-19-23-10-14(29-19)4-6-21-17-16-15(5-7-28-16)24-11-25-17/h1-3,5,7-8,10-11H,4,6,9H2,(H,21,24,25)(H2,22,23,26,27). The number of nitrogens with zero attached hydrogens (tertiary/aromatic N) is 3. The molecular weight excluding hydrogens is 428 g/mol. The third-order valence-electron chi connectivity index (χ3n) is 4.02. The molecule has 0 saturated carbocycles. The molecule has 4 rings (SSSR count). The van der Waals surface area contributed by atoms with Crippen LogP contribution in [0.5, 0.6) is 0 Å². The number of hydrogen-bond donors (Lipinski definition) is 3. The number of nitrogens with one attached hydrogen (secondary N) is 3. The van der Waals surface area contributed by atoms with Crippen molar-refractivity contribution in [1.82, 2.24) is 20.3 Å². The molecule has 3 aromatic heterocycles. The van der Waals surface area contributed by atoms with Crippen molar-refractivity contribution in [1.29, 1.82) is 0 Å². The number of hydrogen-bond acceptors (Lipinski definition) is 7. The number of anilines is 2. The van der Waals surface area contributed by atoms with Crippen molar-refractivity contribution in [3.05, 3.63) is 63.7 Å². The number of thiophene rings is 1. The van der Waals surface area contributed by atoms with Crippen molar-refractivity contribution in [3.8, 4) is 0 Å². The van der Waals surface area contributed by atoms with E-state index >= 15 is 0 Å². The van der Waals surface area contributed by atoms with Crippen molar-refractivity contribution in [2.24, 2.45) is 0 Å². The van der Waals surface area contributed by atoms with Crippen molar-refractivity contribution in [3.63, 3.8) is 0 Å². The second-order valence-corrected chi connectivity index (χ2v) is 8.57. The van der Waals surface area contributed by atoms with Crippen LogP contribution in [0.1, 0.15) is 10.4 Å². The van der Waals surface area contributed by atoms with E-state index in [1.807, 2.05) is 29.6 Å². The molecule has 7 nitrogen and oxygen atoms in total. The summed E-state index contributed by atoms with van der Waals surface area (Å²) < 4.78 is 1.05. The molecule has 4 aromatic rings. The molecule has 0 atom stereocenters. The van der Waals surface area contributed by atoms with Gasteiger partial charge >= 0.3 is 6.03 Å². The minimum atomic E-state index is -0.301. The Morgan fingerprint density at radius 3 is 3.00 bits per heavy atom. The summed E-state index contributed by atoms with van der Waals surface area (Å²) in [7, 11) is 0. The molecule has 0 bridgehead atoms. The van der Waals surface area contributed by atoms with Gasteiger partial charge in [0.2, 0.25) is 0 Å². The molecular formula is C19H17ClN6OS2. The van der Waals surface area contributed by atoms with Crippen molar-refractivity contribution in [2.75, 3.05) is 17.2 Å². The summed E-state index contributed by atoms with van der Waals surface area (Å²) in [5, 5.41) is 12.1. The van der Waals surface area contributed by atoms with Gasteiger partial charge in [0.15, 0.2) is 5.13 Å². The third kappa shape index (κ3) is 5.20. The Balaban J connectivity index is 1.25. The first kappa shape index (κ1) is 19.6. The molecule has 10 heteroatoms. The van der Waals surface area contributed by atoms with Gasteiger partial charge in [-0.2, -0.15) is 0 Å². The number of thiazole rings is 1. The van der Waals surface area contributed by atoms with Crippen molar-refractivity contribution in [2.45, 2.75) is 13.0 Å². The number of benzene rings is 1. The summed E-state index contributed by atoms with van der Waals surface area (Å²) in [4.78, 5) is 25.9. The van der Waals surface area contributed by atoms with E-state index in [0.29, 0.717) is 23.2 Å².